The minimum Gasteiger partial charge on any atom is -0.456 e. The molecule has 3 aromatic rings. The molecule has 1 aromatic carbocycles. The van der Waals surface area contributed by atoms with E-state index in [0.29, 0.717) is 23.1 Å². The van der Waals surface area contributed by atoms with Crippen LogP contribution in [0.4, 0.5) is 0 Å². The van der Waals surface area contributed by atoms with Gasteiger partial charge < -0.3 is 9.15 Å². The number of carbonyl (C=O) groups is 1. The van der Waals surface area contributed by atoms with Crippen molar-refractivity contribution in [2.45, 2.75) is 38.5 Å². The molecule has 0 fully saturated rings. The number of benzene rings is 1. The van der Waals surface area contributed by atoms with Gasteiger partial charge in [-0.25, -0.2) is 15.0 Å². The Bertz CT molecular complexity index is 950. The second kappa shape index (κ2) is 9.21. The van der Waals surface area contributed by atoms with E-state index in [1.165, 1.54) is 11.8 Å². The fraction of sp³-hybridized carbons (Fsp3) is 0.300. The summed E-state index contributed by atoms with van der Waals surface area (Å²) in [6, 6.07) is 7.23. The molecular formula is C20H20ClN3O3S. The van der Waals surface area contributed by atoms with Crippen LogP contribution in [-0.4, -0.2) is 27.2 Å². The molecule has 0 aliphatic heterocycles. The van der Waals surface area contributed by atoms with Gasteiger partial charge in [-0.05, 0) is 56.4 Å². The average molecular weight is 418 g/mol. The highest BCUT2D eigenvalue weighted by molar-refractivity contribution is 7.98. The van der Waals surface area contributed by atoms with Crippen LogP contribution in [0.15, 0.2) is 40.0 Å². The molecule has 0 aliphatic carbocycles. The van der Waals surface area contributed by atoms with Crippen molar-refractivity contribution >= 4 is 29.3 Å². The second-order valence-corrected chi connectivity index (χ2v) is 7.36. The second-order valence-electron chi connectivity index (χ2n) is 6.15. The summed E-state index contributed by atoms with van der Waals surface area (Å²) in [4.78, 5) is 25.1. The molecule has 0 radical (unpaired) electrons. The van der Waals surface area contributed by atoms with E-state index in [-0.39, 0.29) is 19.0 Å². The highest BCUT2D eigenvalue weighted by Gasteiger charge is 2.13. The number of nitrogens with zero attached hydrogens (tertiary/aromatic N) is 3. The van der Waals surface area contributed by atoms with Gasteiger partial charge in [-0.3, -0.25) is 4.79 Å². The molecule has 0 amide bonds. The number of halogens is 1. The molecule has 0 spiro atoms. The molecule has 0 atom stereocenters. The maximum atomic E-state index is 12.1. The first-order chi connectivity index (χ1) is 13.5. The molecule has 0 aliphatic rings. The van der Waals surface area contributed by atoms with Gasteiger partial charge in [0.2, 0.25) is 5.89 Å². The number of hydrogen-bond donors (Lipinski definition) is 0. The smallest absolute Gasteiger partial charge is 0.306 e. The highest BCUT2D eigenvalue weighted by Crippen LogP contribution is 2.23. The lowest BCUT2D eigenvalue weighted by Gasteiger charge is -2.09. The molecule has 146 valence electrons. The molecule has 3 rings (SSSR count). The standard InChI is InChI=1S/C20H20ClN3O3S/c1-12-16(13(2)24-20(23-12)28-3)8-9-19(25)26-11-18-22-10-17(27-18)14-4-6-15(21)7-5-14/h4-7,10H,8-9,11H2,1-3H3. The van der Waals surface area contributed by atoms with Gasteiger partial charge in [0.05, 0.1) is 6.20 Å². The summed E-state index contributed by atoms with van der Waals surface area (Å²) in [5.74, 6) is 0.623. The number of carbonyl (C=O) groups excluding carboxylic acids is 1. The molecule has 2 aromatic heterocycles. The minimum atomic E-state index is -0.320. The van der Waals surface area contributed by atoms with E-state index in [4.69, 9.17) is 20.8 Å². The average Bonchev–Trinajstić information content (AvgIpc) is 3.15. The third kappa shape index (κ3) is 5.11. The first kappa shape index (κ1) is 20.4. The predicted octanol–water partition coefficient (Wildman–Crippen LogP) is 4.80. The monoisotopic (exact) mass is 417 g/mol. The first-order valence-corrected chi connectivity index (χ1v) is 10.3. The van der Waals surface area contributed by atoms with Crippen molar-refractivity contribution in [3.63, 3.8) is 0 Å². The normalized spacial score (nSPS) is 10.9. The Hall–Kier alpha value is -2.38. The van der Waals surface area contributed by atoms with E-state index in [1.807, 2.05) is 32.2 Å². The maximum Gasteiger partial charge on any atom is 0.306 e. The van der Waals surface area contributed by atoms with Gasteiger partial charge in [-0.2, -0.15) is 0 Å². The fourth-order valence-corrected chi connectivity index (χ4v) is 3.31. The molecule has 2 heterocycles. The Morgan fingerprint density at radius 3 is 2.50 bits per heavy atom. The zero-order valence-corrected chi connectivity index (χ0v) is 17.4. The Morgan fingerprint density at radius 2 is 1.86 bits per heavy atom. The Balaban J connectivity index is 1.53. The van der Waals surface area contributed by atoms with E-state index >= 15 is 0 Å². The van der Waals surface area contributed by atoms with Crippen molar-refractivity contribution in [2.24, 2.45) is 0 Å². The molecule has 8 heteroatoms. The Kier molecular flexibility index (Phi) is 6.70. The summed E-state index contributed by atoms with van der Waals surface area (Å²) < 4.78 is 10.9. The van der Waals surface area contributed by atoms with Crippen LogP contribution in [0.1, 0.15) is 29.3 Å². The first-order valence-electron chi connectivity index (χ1n) is 8.70. The van der Waals surface area contributed by atoms with Crippen molar-refractivity contribution in [1.29, 1.82) is 0 Å². The quantitative estimate of drug-likeness (QED) is 0.310. The van der Waals surface area contributed by atoms with Crippen molar-refractivity contribution in [1.82, 2.24) is 15.0 Å². The minimum absolute atomic E-state index is 0.00764. The van der Waals surface area contributed by atoms with E-state index in [1.54, 1.807) is 18.3 Å². The van der Waals surface area contributed by atoms with E-state index in [2.05, 4.69) is 15.0 Å². The van der Waals surface area contributed by atoms with E-state index < -0.39 is 0 Å². The van der Waals surface area contributed by atoms with Crippen molar-refractivity contribution in [2.75, 3.05) is 6.26 Å². The van der Waals surface area contributed by atoms with Gasteiger partial charge in [0.1, 0.15) is 0 Å². The number of aryl methyl sites for hydroxylation is 2. The molecule has 0 saturated heterocycles. The number of rotatable bonds is 7. The lowest BCUT2D eigenvalue weighted by atomic mass is 10.1. The van der Waals surface area contributed by atoms with Crippen LogP contribution in [0.25, 0.3) is 11.3 Å². The summed E-state index contributed by atoms with van der Waals surface area (Å²) in [5.41, 5.74) is 3.62. The van der Waals surface area contributed by atoms with Gasteiger partial charge in [0, 0.05) is 28.4 Å². The number of oxazole rings is 1. The van der Waals surface area contributed by atoms with Crippen molar-refractivity contribution in [3.8, 4) is 11.3 Å². The highest BCUT2D eigenvalue weighted by atomic mass is 35.5. The summed E-state index contributed by atoms with van der Waals surface area (Å²) in [6.07, 6.45) is 4.32. The summed E-state index contributed by atoms with van der Waals surface area (Å²) in [5, 5.41) is 1.39. The van der Waals surface area contributed by atoms with E-state index in [9.17, 15) is 4.79 Å². The lowest BCUT2D eigenvalue weighted by Crippen LogP contribution is -2.09. The van der Waals surface area contributed by atoms with Crippen LogP contribution in [-0.2, 0) is 22.6 Å². The number of aromatic nitrogens is 3. The number of ether oxygens (including phenoxy) is 1. The predicted molar refractivity (Wildman–Crippen MR) is 108 cm³/mol. The summed E-state index contributed by atoms with van der Waals surface area (Å²) in [6.45, 7) is 3.85. The fourth-order valence-electron chi connectivity index (χ4n) is 2.73. The third-order valence-electron chi connectivity index (χ3n) is 4.20. The summed E-state index contributed by atoms with van der Waals surface area (Å²) in [7, 11) is 0. The molecule has 0 saturated carbocycles. The number of thioether (sulfide) groups is 1. The van der Waals surface area contributed by atoms with Gasteiger partial charge in [0.15, 0.2) is 17.5 Å². The SMILES string of the molecule is CSc1nc(C)c(CCC(=O)OCc2ncc(-c3ccc(Cl)cc3)o2)c(C)n1. The molecule has 6 nitrogen and oxygen atoms in total. The van der Waals surface area contributed by atoms with Crippen LogP contribution in [0.2, 0.25) is 5.02 Å². The molecule has 0 N–H and O–H groups in total. The van der Waals surface area contributed by atoms with Crippen LogP contribution < -0.4 is 0 Å². The van der Waals surface area contributed by atoms with Crippen LogP contribution in [0.5, 0.6) is 0 Å². The molecule has 28 heavy (non-hydrogen) atoms. The van der Waals surface area contributed by atoms with Gasteiger partial charge >= 0.3 is 5.97 Å². The van der Waals surface area contributed by atoms with Crippen LogP contribution in [0, 0.1) is 13.8 Å². The van der Waals surface area contributed by atoms with Gasteiger partial charge in [-0.15, -0.1) is 0 Å². The number of hydrogen-bond acceptors (Lipinski definition) is 7. The molecule has 0 unspecified atom stereocenters. The van der Waals surface area contributed by atoms with Crippen molar-refractivity contribution in [3.05, 3.63) is 58.3 Å². The van der Waals surface area contributed by atoms with Gasteiger partial charge in [0.25, 0.3) is 0 Å². The zero-order chi connectivity index (χ0) is 20.1. The zero-order valence-electron chi connectivity index (χ0n) is 15.9. The largest absolute Gasteiger partial charge is 0.456 e. The topological polar surface area (TPSA) is 78.1 Å². The van der Waals surface area contributed by atoms with Crippen LogP contribution in [0.3, 0.4) is 0 Å². The maximum absolute atomic E-state index is 12.1. The summed E-state index contributed by atoms with van der Waals surface area (Å²) >= 11 is 7.38. The van der Waals surface area contributed by atoms with Crippen LogP contribution >= 0.6 is 23.4 Å². The molecular weight excluding hydrogens is 398 g/mol. The Labute approximate surface area is 172 Å². The van der Waals surface area contributed by atoms with Gasteiger partial charge in [-0.1, -0.05) is 23.4 Å². The van der Waals surface area contributed by atoms with Crippen molar-refractivity contribution < 1.29 is 13.9 Å². The number of esters is 1. The van der Waals surface area contributed by atoms with E-state index in [0.717, 1.165) is 27.7 Å². The lowest BCUT2D eigenvalue weighted by molar-refractivity contribution is -0.145. The molecule has 0 bridgehead atoms. The third-order valence-corrected chi connectivity index (χ3v) is 5.00. The Morgan fingerprint density at radius 1 is 1.18 bits per heavy atom.